The Morgan fingerprint density at radius 3 is 3.25 bits per heavy atom. The number of aromatic nitrogens is 2. The molecule has 0 fully saturated rings. The maximum absolute atomic E-state index is 5.54. The molecular weight excluding hydrogens is 202 g/mol. The minimum absolute atomic E-state index is 0.0699. The summed E-state index contributed by atoms with van der Waals surface area (Å²) in [6.45, 7) is 2.86. The fourth-order valence-electron chi connectivity index (χ4n) is 2.13. The average molecular weight is 215 g/mol. The van der Waals surface area contributed by atoms with E-state index in [1.165, 1.54) is 5.56 Å². The summed E-state index contributed by atoms with van der Waals surface area (Å²) in [6, 6.07) is 4.04. The van der Waals surface area contributed by atoms with E-state index in [4.69, 9.17) is 4.42 Å². The van der Waals surface area contributed by atoms with Crippen molar-refractivity contribution in [3.8, 4) is 0 Å². The highest BCUT2D eigenvalue weighted by atomic mass is 16.3. The van der Waals surface area contributed by atoms with Crippen molar-refractivity contribution in [1.82, 2.24) is 15.3 Å². The van der Waals surface area contributed by atoms with Gasteiger partial charge in [0.25, 0.3) is 0 Å². The Labute approximate surface area is 93.7 Å². The molecule has 16 heavy (non-hydrogen) atoms. The van der Waals surface area contributed by atoms with E-state index < -0.39 is 0 Å². The smallest absolute Gasteiger partial charge is 0.130 e. The van der Waals surface area contributed by atoms with Gasteiger partial charge in [-0.2, -0.15) is 0 Å². The minimum Gasteiger partial charge on any atom is -0.467 e. The van der Waals surface area contributed by atoms with Crippen molar-refractivity contribution in [2.45, 2.75) is 19.4 Å². The van der Waals surface area contributed by atoms with Gasteiger partial charge >= 0.3 is 0 Å². The largest absolute Gasteiger partial charge is 0.467 e. The van der Waals surface area contributed by atoms with Crippen LogP contribution in [0.5, 0.6) is 0 Å². The van der Waals surface area contributed by atoms with Crippen LogP contribution in [0.4, 0.5) is 0 Å². The highest BCUT2D eigenvalue weighted by Gasteiger charge is 2.25. The normalized spacial score (nSPS) is 19.4. The quantitative estimate of drug-likeness (QED) is 0.785. The van der Waals surface area contributed by atoms with Gasteiger partial charge in [0, 0.05) is 12.7 Å². The maximum atomic E-state index is 5.54. The topological polar surface area (TPSA) is 51.0 Å². The van der Waals surface area contributed by atoms with E-state index in [9.17, 15) is 0 Å². The van der Waals surface area contributed by atoms with Crippen LogP contribution in [-0.4, -0.2) is 16.5 Å². The fraction of sp³-hybridized carbons (Fsp3) is 0.333. The first-order chi connectivity index (χ1) is 7.84. The molecule has 1 aliphatic heterocycles. The zero-order valence-corrected chi connectivity index (χ0v) is 9.10. The molecule has 4 nitrogen and oxygen atoms in total. The van der Waals surface area contributed by atoms with Crippen molar-refractivity contribution in [3.63, 3.8) is 0 Å². The molecule has 82 valence electrons. The van der Waals surface area contributed by atoms with Gasteiger partial charge in [-0.1, -0.05) is 0 Å². The average Bonchev–Trinajstić information content (AvgIpc) is 2.76. The molecule has 0 spiro atoms. The van der Waals surface area contributed by atoms with Crippen molar-refractivity contribution in [2.75, 3.05) is 6.54 Å². The fourth-order valence-corrected chi connectivity index (χ4v) is 2.13. The predicted octanol–water partition coefficient (Wildman–Crippen LogP) is 1.61. The number of hydrogen-bond donors (Lipinski definition) is 1. The number of fused-ring (bicyclic) bond motifs is 1. The van der Waals surface area contributed by atoms with Crippen molar-refractivity contribution >= 4 is 0 Å². The summed E-state index contributed by atoms with van der Waals surface area (Å²) >= 11 is 0. The first-order valence-electron chi connectivity index (χ1n) is 5.44. The van der Waals surface area contributed by atoms with E-state index in [0.29, 0.717) is 0 Å². The zero-order chi connectivity index (χ0) is 11.0. The monoisotopic (exact) mass is 215 g/mol. The number of nitrogens with one attached hydrogen (secondary N) is 1. The van der Waals surface area contributed by atoms with Crippen molar-refractivity contribution in [1.29, 1.82) is 0 Å². The van der Waals surface area contributed by atoms with Gasteiger partial charge in [-0.05, 0) is 31.0 Å². The van der Waals surface area contributed by atoms with Crippen LogP contribution in [0, 0.1) is 6.92 Å². The second kappa shape index (κ2) is 3.72. The molecule has 3 rings (SSSR count). The molecule has 0 amide bonds. The van der Waals surface area contributed by atoms with Crippen LogP contribution in [0.15, 0.2) is 29.0 Å². The highest BCUT2D eigenvalue weighted by Crippen LogP contribution is 2.27. The van der Waals surface area contributed by atoms with E-state index in [1.54, 1.807) is 12.5 Å². The van der Waals surface area contributed by atoms with E-state index in [2.05, 4.69) is 15.3 Å². The number of rotatable bonds is 1. The molecule has 0 aliphatic carbocycles. The van der Waals surface area contributed by atoms with E-state index in [-0.39, 0.29) is 6.04 Å². The predicted molar refractivity (Wildman–Crippen MR) is 59.0 cm³/mol. The third-order valence-electron chi connectivity index (χ3n) is 2.88. The number of nitrogens with zero attached hydrogens (tertiary/aromatic N) is 2. The molecule has 0 radical (unpaired) electrons. The Bertz CT molecular complexity index is 506. The lowest BCUT2D eigenvalue weighted by molar-refractivity contribution is 0.419. The molecule has 1 unspecified atom stereocenters. The molecule has 0 bridgehead atoms. The molecule has 0 saturated carbocycles. The van der Waals surface area contributed by atoms with Gasteiger partial charge in [0.1, 0.15) is 17.6 Å². The Balaban J connectivity index is 2.04. The van der Waals surface area contributed by atoms with Gasteiger partial charge < -0.3 is 9.73 Å². The summed E-state index contributed by atoms with van der Waals surface area (Å²) in [7, 11) is 0. The summed E-state index contributed by atoms with van der Waals surface area (Å²) in [4.78, 5) is 8.55. The van der Waals surface area contributed by atoms with Crippen LogP contribution in [-0.2, 0) is 6.42 Å². The Kier molecular flexibility index (Phi) is 2.22. The Morgan fingerprint density at radius 2 is 2.38 bits per heavy atom. The van der Waals surface area contributed by atoms with E-state index in [1.807, 2.05) is 19.1 Å². The van der Waals surface area contributed by atoms with Crippen LogP contribution < -0.4 is 5.32 Å². The Hall–Kier alpha value is -1.68. The summed E-state index contributed by atoms with van der Waals surface area (Å²) in [6.07, 6.45) is 4.56. The molecule has 1 aliphatic rings. The summed E-state index contributed by atoms with van der Waals surface area (Å²) in [5.74, 6) is 1.78. The number of aryl methyl sites for hydroxylation is 1. The van der Waals surface area contributed by atoms with Crippen LogP contribution in [0.2, 0.25) is 0 Å². The molecule has 2 aromatic heterocycles. The summed E-state index contributed by atoms with van der Waals surface area (Å²) in [5.41, 5.74) is 2.25. The van der Waals surface area contributed by atoms with Crippen LogP contribution in [0.3, 0.4) is 0 Å². The molecular formula is C12H13N3O. The zero-order valence-electron chi connectivity index (χ0n) is 9.10. The van der Waals surface area contributed by atoms with Gasteiger partial charge in [0.15, 0.2) is 0 Å². The third-order valence-corrected chi connectivity index (χ3v) is 2.88. The number of hydrogen-bond acceptors (Lipinski definition) is 4. The second-order valence-corrected chi connectivity index (χ2v) is 3.98. The van der Waals surface area contributed by atoms with E-state index in [0.717, 1.165) is 30.2 Å². The summed E-state index contributed by atoms with van der Waals surface area (Å²) < 4.78 is 5.54. The molecule has 1 N–H and O–H groups in total. The van der Waals surface area contributed by atoms with Crippen molar-refractivity contribution in [3.05, 3.63) is 47.4 Å². The minimum atomic E-state index is 0.0699. The standard InChI is InChI=1S/C12H13N3O/c1-8-13-6-3-10(15-8)11-12-9(2-5-14-11)4-7-16-12/h3-4,6-7,11,14H,2,5H2,1H3. The van der Waals surface area contributed by atoms with Crippen molar-refractivity contribution < 1.29 is 4.42 Å². The second-order valence-electron chi connectivity index (χ2n) is 3.98. The molecule has 2 aromatic rings. The molecule has 4 heteroatoms. The first kappa shape index (κ1) is 9.54. The molecule has 0 saturated heterocycles. The molecule has 3 heterocycles. The van der Waals surface area contributed by atoms with E-state index >= 15 is 0 Å². The van der Waals surface area contributed by atoms with Crippen LogP contribution in [0.25, 0.3) is 0 Å². The van der Waals surface area contributed by atoms with Gasteiger partial charge in [0.05, 0.1) is 12.0 Å². The number of furan rings is 1. The van der Waals surface area contributed by atoms with Crippen molar-refractivity contribution in [2.24, 2.45) is 0 Å². The lowest BCUT2D eigenvalue weighted by atomic mass is 10.0. The van der Waals surface area contributed by atoms with Gasteiger partial charge in [-0.25, -0.2) is 9.97 Å². The van der Waals surface area contributed by atoms with Crippen LogP contribution in [0.1, 0.15) is 28.9 Å². The maximum Gasteiger partial charge on any atom is 0.130 e. The highest BCUT2D eigenvalue weighted by molar-refractivity contribution is 5.29. The van der Waals surface area contributed by atoms with Gasteiger partial charge in [0.2, 0.25) is 0 Å². The van der Waals surface area contributed by atoms with Gasteiger partial charge in [-0.15, -0.1) is 0 Å². The summed E-state index contributed by atoms with van der Waals surface area (Å²) in [5, 5.41) is 3.42. The van der Waals surface area contributed by atoms with Crippen LogP contribution >= 0.6 is 0 Å². The Morgan fingerprint density at radius 1 is 1.44 bits per heavy atom. The SMILES string of the molecule is Cc1nccc(C2NCCc3ccoc32)n1. The van der Waals surface area contributed by atoms with Gasteiger partial charge in [-0.3, -0.25) is 0 Å². The third kappa shape index (κ3) is 1.51. The first-order valence-corrected chi connectivity index (χ1v) is 5.44. The lowest BCUT2D eigenvalue weighted by Crippen LogP contribution is -2.30. The lowest BCUT2D eigenvalue weighted by Gasteiger charge is -2.22. The molecule has 0 aromatic carbocycles. The molecule has 1 atom stereocenters.